The molecule has 1 saturated heterocycles. The smallest absolute Gasteiger partial charge is 0.0193 e. The van der Waals surface area contributed by atoms with Gasteiger partial charge < -0.3 is 0 Å². The predicted molar refractivity (Wildman–Crippen MR) is 95.3 cm³/mol. The van der Waals surface area contributed by atoms with Gasteiger partial charge in [0.2, 0.25) is 0 Å². The average Bonchev–Trinajstić information content (AvgIpc) is 2.56. The monoisotopic (exact) mass is 295 g/mol. The van der Waals surface area contributed by atoms with Crippen LogP contribution in [-0.4, -0.2) is 24.5 Å². The second-order valence-electron chi connectivity index (χ2n) is 7.11. The third-order valence-corrected chi connectivity index (χ3v) is 5.55. The summed E-state index contributed by atoms with van der Waals surface area (Å²) in [6.45, 7) is 7.95. The largest absolute Gasteiger partial charge is 0.299 e. The maximum atomic E-state index is 2.64. The molecule has 1 spiro atoms. The van der Waals surface area contributed by atoms with Crippen LogP contribution >= 0.6 is 0 Å². The summed E-state index contributed by atoms with van der Waals surface area (Å²) in [5.74, 6) is 0. The Morgan fingerprint density at radius 1 is 1.18 bits per heavy atom. The van der Waals surface area contributed by atoms with Crippen molar-refractivity contribution in [3.05, 3.63) is 59.2 Å². The number of hydrogen-bond donors (Lipinski definition) is 0. The van der Waals surface area contributed by atoms with E-state index in [4.69, 9.17) is 0 Å². The van der Waals surface area contributed by atoms with Crippen LogP contribution in [0.4, 0.5) is 0 Å². The van der Waals surface area contributed by atoms with E-state index >= 15 is 0 Å². The number of aryl methyl sites for hydroxylation is 1. The Kier molecular flexibility index (Phi) is 4.83. The van der Waals surface area contributed by atoms with Gasteiger partial charge in [-0.1, -0.05) is 48.1 Å². The molecule has 3 rings (SSSR count). The average molecular weight is 295 g/mol. The van der Waals surface area contributed by atoms with Crippen LogP contribution in [0.15, 0.2) is 48.1 Å². The fourth-order valence-electron chi connectivity index (χ4n) is 4.33. The highest BCUT2D eigenvalue weighted by molar-refractivity contribution is 5.37. The molecule has 1 aliphatic heterocycles. The molecule has 0 N–H and O–H groups in total. The van der Waals surface area contributed by atoms with Crippen LogP contribution in [0.3, 0.4) is 0 Å². The van der Waals surface area contributed by atoms with E-state index in [1.165, 1.54) is 50.8 Å². The molecular weight excluding hydrogens is 266 g/mol. The molecule has 1 heteroatoms. The first-order chi connectivity index (χ1) is 10.7. The molecule has 118 valence electrons. The maximum Gasteiger partial charge on any atom is 0.0193 e. The summed E-state index contributed by atoms with van der Waals surface area (Å²) in [5.41, 5.74) is 5.23. The fourth-order valence-corrected chi connectivity index (χ4v) is 4.33. The first-order valence-corrected chi connectivity index (χ1v) is 8.83. The molecular formula is C21H29N. The molecule has 1 heterocycles. The van der Waals surface area contributed by atoms with Crippen molar-refractivity contribution in [1.29, 1.82) is 0 Å². The van der Waals surface area contributed by atoms with E-state index in [2.05, 4.69) is 61.2 Å². The number of allylic oxidation sites excluding steroid dienone is 3. The van der Waals surface area contributed by atoms with Crippen molar-refractivity contribution in [1.82, 2.24) is 4.90 Å². The molecule has 0 aromatic heterocycles. The molecule has 1 nitrogen and oxygen atoms in total. The van der Waals surface area contributed by atoms with Crippen molar-refractivity contribution in [3.63, 3.8) is 0 Å². The van der Waals surface area contributed by atoms with Crippen molar-refractivity contribution in [3.8, 4) is 0 Å². The maximum absolute atomic E-state index is 2.64. The molecule has 1 aromatic carbocycles. The molecule has 0 bridgehead atoms. The van der Waals surface area contributed by atoms with Crippen LogP contribution in [0.2, 0.25) is 0 Å². The van der Waals surface area contributed by atoms with E-state index in [-0.39, 0.29) is 0 Å². The molecule has 0 unspecified atom stereocenters. The lowest BCUT2D eigenvalue weighted by Crippen LogP contribution is -2.44. The summed E-state index contributed by atoms with van der Waals surface area (Å²) in [6, 6.07) is 9.21. The van der Waals surface area contributed by atoms with E-state index in [1.807, 2.05) is 0 Å². The number of piperidine rings is 1. The first-order valence-electron chi connectivity index (χ1n) is 8.83. The van der Waals surface area contributed by atoms with Crippen LogP contribution in [0.1, 0.15) is 50.7 Å². The van der Waals surface area contributed by atoms with Gasteiger partial charge in [-0.2, -0.15) is 0 Å². The highest BCUT2D eigenvalue weighted by Gasteiger charge is 2.38. The van der Waals surface area contributed by atoms with E-state index < -0.39 is 0 Å². The number of benzene rings is 1. The first kappa shape index (κ1) is 15.6. The Labute approximate surface area is 135 Å². The van der Waals surface area contributed by atoms with Crippen molar-refractivity contribution < 1.29 is 0 Å². The summed E-state index contributed by atoms with van der Waals surface area (Å²) in [6.07, 6.45) is 13.2. The fraction of sp³-hybridized carbons (Fsp3) is 0.524. The Balaban J connectivity index is 1.67. The molecule has 1 aliphatic carbocycles. The number of fused-ring (bicyclic) bond motifs is 2. The molecule has 1 aromatic rings. The third-order valence-electron chi connectivity index (χ3n) is 5.55. The van der Waals surface area contributed by atoms with Gasteiger partial charge in [0.05, 0.1) is 0 Å². The normalized spacial score (nSPS) is 22.2. The zero-order chi connectivity index (χ0) is 15.4. The predicted octanol–water partition coefficient (Wildman–Crippen LogP) is 4.88. The number of likely N-dealkylation sites (tertiary alicyclic amines) is 1. The molecule has 0 amide bonds. The molecule has 1 fully saturated rings. The molecule has 0 saturated carbocycles. The van der Waals surface area contributed by atoms with Gasteiger partial charge in [0.25, 0.3) is 0 Å². The topological polar surface area (TPSA) is 3.24 Å². The minimum absolute atomic E-state index is 0.478. The third kappa shape index (κ3) is 3.20. The Bertz CT molecular complexity index is 559. The number of nitrogens with zero attached hydrogens (tertiary/aromatic N) is 1. The molecule has 22 heavy (non-hydrogen) atoms. The minimum Gasteiger partial charge on any atom is -0.299 e. The van der Waals surface area contributed by atoms with Gasteiger partial charge >= 0.3 is 0 Å². The van der Waals surface area contributed by atoms with Gasteiger partial charge in [-0.15, -0.1) is 0 Å². The van der Waals surface area contributed by atoms with Gasteiger partial charge in [0.15, 0.2) is 0 Å². The van der Waals surface area contributed by atoms with Crippen molar-refractivity contribution >= 4 is 0 Å². The van der Waals surface area contributed by atoms with Gasteiger partial charge in [-0.3, -0.25) is 4.90 Å². The highest BCUT2D eigenvalue weighted by Crippen LogP contribution is 2.44. The van der Waals surface area contributed by atoms with Gasteiger partial charge in [0, 0.05) is 6.54 Å². The summed E-state index contributed by atoms with van der Waals surface area (Å²) in [4.78, 5) is 2.64. The van der Waals surface area contributed by atoms with Crippen molar-refractivity contribution in [2.24, 2.45) is 0 Å². The van der Waals surface area contributed by atoms with Crippen molar-refractivity contribution in [2.45, 2.75) is 51.4 Å². The lowest BCUT2D eigenvalue weighted by molar-refractivity contribution is 0.154. The van der Waals surface area contributed by atoms with Crippen LogP contribution in [0, 0.1) is 0 Å². The van der Waals surface area contributed by atoms with Gasteiger partial charge in [-0.25, -0.2) is 0 Å². The molecule has 2 aliphatic rings. The van der Waals surface area contributed by atoms with E-state index in [9.17, 15) is 0 Å². The standard InChI is InChI=1S/C21H29N/c1-3-4-8-18(2)17-22-15-13-21(14-16-22)12-7-10-19-9-5-6-11-20(19)21/h3-6,8-9,11H,7,10,12-17H2,1-2H3/b4-3-,18-8+. The second-order valence-corrected chi connectivity index (χ2v) is 7.11. The van der Waals surface area contributed by atoms with E-state index in [1.54, 1.807) is 11.1 Å². The molecule has 0 radical (unpaired) electrons. The Morgan fingerprint density at radius 2 is 1.95 bits per heavy atom. The van der Waals surface area contributed by atoms with Crippen LogP contribution < -0.4 is 0 Å². The molecule has 0 atom stereocenters. The van der Waals surface area contributed by atoms with E-state index in [0.29, 0.717) is 5.41 Å². The van der Waals surface area contributed by atoms with Gasteiger partial charge in [0.1, 0.15) is 0 Å². The zero-order valence-corrected chi connectivity index (χ0v) is 14.1. The lowest BCUT2D eigenvalue weighted by atomic mass is 9.65. The van der Waals surface area contributed by atoms with E-state index in [0.717, 1.165) is 6.54 Å². The lowest BCUT2D eigenvalue weighted by Gasteiger charge is -2.45. The van der Waals surface area contributed by atoms with Crippen molar-refractivity contribution in [2.75, 3.05) is 19.6 Å². The zero-order valence-electron chi connectivity index (χ0n) is 14.1. The summed E-state index contributed by atoms with van der Waals surface area (Å²) in [7, 11) is 0. The Morgan fingerprint density at radius 3 is 2.73 bits per heavy atom. The van der Waals surface area contributed by atoms with Gasteiger partial charge in [-0.05, 0) is 75.6 Å². The summed E-state index contributed by atoms with van der Waals surface area (Å²) >= 11 is 0. The van der Waals surface area contributed by atoms with Crippen LogP contribution in [0.5, 0.6) is 0 Å². The van der Waals surface area contributed by atoms with Crippen LogP contribution in [0.25, 0.3) is 0 Å². The summed E-state index contributed by atoms with van der Waals surface area (Å²) in [5, 5.41) is 0. The number of rotatable bonds is 3. The van der Waals surface area contributed by atoms with Crippen LogP contribution in [-0.2, 0) is 11.8 Å². The summed E-state index contributed by atoms with van der Waals surface area (Å²) < 4.78 is 0. The minimum atomic E-state index is 0.478. The SMILES string of the molecule is C/C=C\C=C(/C)CN1CCC2(CCCc3ccccc32)CC1. The highest BCUT2D eigenvalue weighted by atomic mass is 15.1. The Hall–Kier alpha value is -1.34. The second kappa shape index (κ2) is 6.83. The number of hydrogen-bond acceptors (Lipinski definition) is 1. The quantitative estimate of drug-likeness (QED) is 0.718.